The minimum atomic E-state index is -1.05. The van der Waals surface area contributed by atoms with Crippen LogP contribution >= 0.6 is 11.8 Å². The van der Waals surface area contributed by atoms with Crippen molar-refractivity contribution >= 4 is 23.6 Å². The van der Waals surface area contributed by atoms with E-state index in [1.807, 2.05) is 0 Å². The Hall–Kier alpha value is -1.01. The number of ether oxygens (including phenoxy) is 1. The molecule has 1 N–H and O–H groups in total. The average Bonchev–Trinajstić information content (AvgIpc) is 2.15. The van der Waals surface area contributed by atoms with E-state index >= 15 is 0 Å². The Labute approximate surface area is 91.1 Å². The summed E-state index contributed by atoms with van der Waals surface area (Å²) in [5.41, 5.74) is 0.0945. The molecule has 82 valence electrons. The van der Waals surface area contributed by atoms with Crippen LogP contribution in [0.5, 0.6) is 0 Å². The summed E-state index contributed by atoms with van der Waals surface area (Å²) in [6, 6.07) is 0. The molecule has 6 heteroatoms. The van der Waals surface area contributed by atoms with E-state index in [4.69, 9.17) is 9.84 Å². The summed E-state index contributed by atoms with van der Waals surface area (Å²) in [5, 5.41) is 8.96. The normalized spacial score (nSPS) is 29.3. The van der Waals surface area contributed by atoms with Crippen LogP contribution < -0.4 is 0 Å². The highest BCUT2D eigenvalue weighted by Gasteiger charge is 2.45. The Bertz CT molecular complexity index is 341. The number of carbonyl (C=O) groups is 2. The number of carboxylic acid groups (broad SMARTS) is 1. The first-order valence-electron chi connectivity index (χ1n) is 4.55. The van der Waals surface area contributed by atoms with Crippen molar-refractivity contribution in [2.75, 3.05) is 13.7 Å². The molecule has 2 aliphatic heterocycles. The molecule has 0 aromatic rings. The van der Waals surface area contributed by atoms with Gasteiger partial charge in [-0.15, -0.1) is 11.8 Å². The molecular weight excluding hydrogens is 218 g/mol. The Morgan fingerprint density at radius 2 is 2.53 bits per heavy atom. The number of hydrogen-bond acceptors (Lipinski definition) is 4. The first-order valence-corrected chi connectivity index (χ1v) is 5.49. The topological polar surface area (TPSA) is 66.8 Å². The second-order valence-electron chi connectivity index (χ2n) is 3.41. The number of carboxylic acids is 1. The van der Waals surface area contributed by atoms with Crippen molar-refractivity contribution in [3.05, 3.63) is 11.8 Å². The van der Waals surface area contributed by atoms with E-state index in [0.29, 0.717) is 13.0 Å². The maximum atomic E-state index is 11.2. The van der Waals surface area contributed by atoms with Crippen LogP contribution in [0.15, 0.2) is 11.8 Å². The molecule has 15 heavy (non-hydrogen) atoms. The molecule has 2 heterocycles. The summed E-state index contributed by atoms with van der Waals surface area (Å²) in [6.45, 7) is 0.472. The number of fused-ring (bicyclic) bond motifs is 1. The van der Waals surface area contributed by atoms with Gasteiger partial charge in [-0.2, -0.15) is 0 Å². The van der Waals surface area contributed by atoms with Crippen LogP contribution in [-0.4, -0.2) is 46.2 Å². The number of rotatable bonds is 3. The number of nitrogens with zero attached hydrogens (tertiary/aromatic N) is 1. The second kappa shape index (κ2) is 3.86. The van der Waals surface area contributed by atoms with Crippen LogP contribution in [-0.2, 0) is 14.3 Å². The number of carbonyl (C=O) groups excluding carboxylic acids is 1. The van der Waals surface area contributed by atoms with E-state index in [1.165, 1.54) is 4.90 Å². The van der Waals surface area contributed by atoms with Crippen molar-refractivity contribution < 1.29 is 19.4 Å². The molecule has 1 amide bonds. The molecule has 2 rings (SSSR count). The zero-order chi connectivity index (χ0) is 11.0. The summed E-state index contributed by atoms with van der Waals surface area (Å²) in [6.07, 6.45) is 2.01. The third-order valence-corrected chi connectivity index (χ3v) is 3.70. The van der Waals surface area contributed by atoms with Gasteiger partial charge >= 0.3 is 5.97 Å². The molecule has 0 aliphatic carbocycles. The fraction of sp³-hybridized carbons (Fsp3) is 0.556. The average molecular weight is 229 g/mol. The predicted octanol–water partition coefficient (Wildman–Crippen LogP) is 0.275. The van der Waals surface area contributed by atoms with Crippen LogP contribution in [0, 0.1) is 0 Å². The van der Waals surface area contributed by atoms with Gasteiger partial charge in [-0.25, -0.2) is 4.79 Å². The number of amides is 1. The van der Waals surface area contributed by atoms with Crippen LogP contribution in [0.3, 0.4) is 0 Å². The maximum absolute atomic E-state index is 11.2. The zero-order valence-corrected chi connectivity index (χ0v) is 8.99. The van der Waals surface area contributed by atoms with Gasteiger partial charge in [-0.1, -0.05) is 0 Å². The summed E-state index contributed by atoms with van der Waals surface area (Å²) in [4.78, 5) is 23.5. The SMILES string of the molecule is COCC1C=C(C(=O)O)N2C(=O)C[C@H]2S1. The quantitative estimate of drug-likeness (QED) is 0.704. The molecule has 1 fully saturated rings. The Kier molecular flexibility index (Phi) is 2.70. The molecule has 1 saturated heterocycles. The lowest BCUT2D eigenvalue weighted by atomic mass is 10.1. The number of β-lactam (4-membered cyclic amide) rings is 1. The minimum Gasteiger partial charge on any atom is -0.477 e. The largest absolute Gasteiger partial charge is 0.477 e. The van der Waals surface area contributed by atoms with Crippen LogP contribution in [0.1, 0.15) is 6.42 Å². The van der Waals surface area contributed by atoms with E-state index in [9.17, 15) is 9.59 Å². The number of aliphatic carboxylic acids is 1. The molecule has 0 aromatic heterocycles. The van der Waals surface area contributed by atoms with Gasteiger partial charge in [0.15, 0.2) is 0 Å². The van der Waals surface area contributed by atoms with Gasteiger partial charge < -0.3 is 9.84 Å². The molecule has 2 atom stereocenters. The van der Waals surface area contributed by atoms with Crippen LogP contribution in [0.25, 0.3) is 0 Å². The lowest BCUT2D eigenvalue weighted by Crippen LogP contribution is -2.54. The Balaban J connectivity index is 2.21. The Morgan fingerprint density at radius 3 is 3.07 bits per heavy atom. The van der Waals surface area contributed by atoms with Crippen molar-refractivity contribution in [1.82, 2.24) is 4.90 Å². The van der Waals surface area contributed by atoms with E-state index in [0.717, 1.165) is 0 Å². The van der Waals surface area contributed by atoms with E-state index in [-0.39, 0.29) is 22.2 Å². The highest BCUT2D eigenvalue weighted by atomic mass is 32.2. The van der Waals surface area contributed by atoms with Crippen LogP contribution in [0.4, 0.5) is 0 Å². The molecule has 0 aromatic carbocycles. The van der Waals surface area contributed by atoms with Gasteiger partial charge in [0, 0.05) is 7.11 Å². The third kappa shape index (κ3) is 1.74. The van der Waals surface area contributed by atoms with Crippen molar-refractivity contribution in [3.8, 4) is 0 Å². The monoisotopic (exact) mass is 229 g/mol. The first-order chi connectivity index (χ1) is 7.13. The third-order valence-electron chi connectivity index (χ3n) is 2.39. The van der Waals surface area contributed by atoms with E-state index in [1.54, 1.807) is 24.9 Å². The molecule has 0 bridgehead atoms. The molecule has 5 nitrogen and oxygen atoms in total. The highest BCUT2D eigenvalue weighted by Crippen LogP contribution is 2.40. The Morgan fingerprint density at radius 1 is 1.80 bits per heavy atom. The number of methoxy groups -OCH3 is 1. The molecule has 2 aliphatic rings. The van der Waals surface area contributed by atoms with Crippen molar-refractivity contribution in [2.45, 2.75) is 17.0 Å². The first kappa shape index (κ1) is 10.5. The summed E-state index contributed by atoms with van der Waals surface area (Å²) in [5.74, 6) is -1.16. The van der Waals surface area contributed by atoms with Gasteiger partial charge in [-0.3, -0.25) is 9.69 Å². The molecule has 0 radical (unpaired) electrons. The lowest BCUT2D eigenvalue weighted by Gasteiger charge is -2.44. The standard InChI is InChI=1S/C9H11NO4S/c1-14-4-5-2-6(9(12)13)10-7(11)3-8(10)15-5/h2,5,8H,3-4H2,1H3,(H,12,13)/t5?,8-/m1/s1. The minimum absolute atomic E-state index is 0.0197. The van der Waals surface area contributed by atoms with E-state index in [2.05, 4.69) is 0 Å². The molecule has 0 spiro atoms. The van der Waals surface area contributed by atoms with Gasteiger partial charge in [-0.05, 0) is 6.08 Å². The van der Waals surface area contributed by atoms with Crippen molar-refractivity contribution in [1.29, 1.82) is 0 Å². The van der Waals surface area contributed by atoms with Crippen LogP contribution in [0.2, 0.25) is 0 Å². The highest BCUT2D eigenvalue weighted by molar-refractivity contribution is 8.00. The fourth-order valence-corrected chi connectivity index (χ4v) is 3.13. The zero-order valence-electron chi connectivity index (χ0n) is 8.17. The predicted molar refractivity (Wildman–Crippen MR) is 54.2 cm³/mol. The van der Waals surface area contributed by atoms with Gasteiger partial charge in [0.1, 0.15) is 5.70 Å². The summed E-state index contributed by atoms with van der Waals surface area (Å²) in [7, 11) is 1.58. The smallest absolute Gasteiger partial charge is 0.352 e. The van der Waals surface area contributed by atoms with E-state index < -0.39 is 5.97 Å². The van der Waals surface area contributed by atoms with Gasteiger partial charge in [0.05, 0.1) is 23.7 Å². The second-order valence-corrected chi connectivity index (χ2v) is 4.83. The summed E-state index contributed by atoms with van der Waals surface area (Å²) >= 11 is 1.57. The molecule has 1 unspecified atom stereocenters. The van der Waals surface area contributed by atoms with Gasteiger partial charge in [0.25, 0.3) is 0 Å². The molecular formula is C9H11NO4S. The van der Waals surface area contributed by atoms with Crippen molar-refractivity contribution in [3.63, 3.8) is 0 Å². The maximum Gasteiger partial charge on any atom is 0.352 e. The summed E-state index contributed by atoms with van der Waals surface area (Å²) < 4.78 is 4.98. The number of thioether (sulfide) groups is 1. The lowest BCUT2D eigenvalue weighted by molar-refractivity contribution is -0.146. The van der Waals surface area contributed by atoms with Crippen molar-refractivity contribution in [2.24, 2.45) is 0 Å². The molecule has 0 saturated carbocycles. The fourth-order valence-electron chi connectivity index (χ4n) is 1.71. The number of hydrogen-bond donors (Lipinski definition) is 1. The van der Waals surface area contributed by atoms with Gasteiger partial charge in [0.2, 0.25) is 5.91 Å².